The number of halogens is 2. The average Bonchev–Trinajstić information content (AvgIpc) is 4.10. The molecule has 0 atom stereocenters. The Balaban J connectivity index is 1.48. The molecule has 0 amide bonds. The van der Waals surface area contributed by atoms with Crippen LogP contribution in [0.15, 0.2) is 118 Å². The Morgan fingerprint density at radius 1 is 0.362 bits per heavy atom. The topological polar surface area (TPSA) is 94.3 Å². The van der Waals surface area contributed by atoms with Crippen LogP contribution in [0.1, 0.15) is 22.8 Å². The van der Waals surface area contributed by atoms with Crippen LogP contribution >= 0.6 is 31.9 Å². The molecule has 3 aromatic heterocycles. The summed E-state index contributed by atoms with van der Waals surface area (Å²) in [6.45, 7) is 0. The van der Waals surface area contributed by atoms with E-state index < -0.39 is 0 Å². The van der Waals surface area contributed by atoms with Crippen LogP contribution < -0.4 is 18.9 Å². The predicted octanol–water partition coefficient (Wildman–Crippen LogP) is 12.9. The highest BCUT2D eigenvalue weighted by Gasteiger charge is 2.20. The third-order valence-corrected chi connectivity index (χ3v) is 11.4. The van der Waals surface area contributed by atoms with Crippen molar-refractivity contribution in [3.05, 3.63) is 141 Å². The number of aromatic nitrogens is 4. The first-order chi connectivity index (χ1) is 28.3. The largest absolute Gasteiger partial charge is 0.497 e. The molecule has 58 heavy (non-hydrogen) atoms. The summed E-state index contributed by atoms with van der Waals surface area (Å²) in [4.78, 5) is 18.4. The molecule has 2 aliphatic rings. The molecule has 0 aliphatic carbocycles. The number of nitrogens with one attached hydrogen (secondary N) is 2. The van der Waals surface area contributed by atoms with Gasteiger partial charge in [-0.2, -0.15) is 0 Å². The van der Waals surface area contributed by atoms with E-state index in [0.717, 1.165) is 98.3 Å². The first-order valence-electron chi connectivity index (χ1n) is 18.5. The van der Waals surface area contributed by atoms with Crippen molar-refractivity contribution in [3.63, 3.8) is 0 Å². The lowest BCUT2D eigenvalue weighted by Gasteiger charge is -2.10. The van der Waals surface area contributed by atoms with E-state index in [1.54, 1.807) is 28.4 Å². The zero-order valence-corrected chi connectivity index (χ0v) is 35.2. The van der Waals surface area contributed by atoms with E-state index in [-0.39, 0.29) is 0 Å². The highest BCUT2D eigenvalue weighted by Crippen LogP contribution is 2.41. The molecular formula is C48H36Br2N4O4. The van der Waals surface area contributed by atoms with Crippen LogP contribution in [-0.4, -0.2) is 48.4 Å². The lowest BCUT2D eigenvalue weighted by Crippen LogP contribution is -1.92. The molecule has 286 valence electrons. The van der Waals surface area contributed by atoms with Gasteiger partial charge in [-0.25, -0.2) is 9.97 Å². The summed E-state index contributed by atoms with van der Waals surface area (Å²) < 4.78 is 25.0. The van der Waals surface area contributed by atoms with Gasteiger partial charge >= 0.3 is 0 Å². The summed E-state index contributed by atoms with van der Waals surface area (Å²) in [5.74, 6) is 2.68. The molecule has 5 heterocycles. The lowest BCUT2D eigenvalue weighted by atomic mass is 10.0. The lowest BCUT2D eigenvalue weighted by molar-refractivity contribution is 0.394. The van der Waals surface area contributed by atoms with Crippen molar-refractivity contribution in [3.8, 4) is 67.5 Å². The van der Waals surface area contributed by atoms with E-state index in [0.29, 0.717) is 23.0 Å². The van der Waals surface area contributed by atoms with Crippen molar-refractivity contribution >= 4 is 78.2 Å². The summed E-state index contributed by atoms with van der Waals surface area (Å²) in [6, 6.07) is 36.8. The summed E-state index contributed by atoms with van der Waals surface area (Å²) in [5.41, 5.74) is 14.1. The second-order valence-electron chi connectivity index (χ2n) is 13.7. The van der Waals surface area contributed by atoms with Gasteiger partial charge in [0.25, 0.3) is 0 Å². The van der Waals surface area contributed by atoms with Gasteiger partial charge in [-0.3, -0.25) is 0 Å². The summed E-state index contributed by atoms with van der Waals surface area (Å²) in [5, 5.41) is 0. The first kappa shape index (κ1) is 37.2. The summed E-state index contributed by atoms with van der Waals surface area (Å²) >= 11 is 7.27. The van der Waals surface area contributed by atoms with Crippen LogP contribution in [0.3, 0.4) is 0 Å². The van der Waals surface area contributed by atoms with Gasteiger partial charge in [0.05, 0.1) is 51.2 Å². The number of ether oxygens (including phenoxy) is 4. The zero-order chi connectivity index (χ0) is 39.9. The Hall–Kier alpha value is -6.36. The number of nitrogens with zero attached hydrogens (tertiary/aromatic N) is 2. The SMILES string of the molecule is COc1cc(OC)cc(-c2c3nc(c(-c4ccc(Br)cc4)c4ccc([nH]4)c(-c4cc(OC)cc(OC)c4)c4nc(c(-c5ccc(Br)cc5)c5ccc2[nH]5)C=C4)C=C3)c1. The molecular weight excluding hydrogens is 856 g/mol. The molecule has 0 saturated carbocycles. The maximum absolute atomic E-state index is 5.75. The molecule has 0 unspecified atom stereocenters. The molecule has 0 spiro atoms. The average molecular weight is 893 g/mol. The number of H-pyrrole nitrogens is 2. The van der Waals surface area contributed by atoms with Gasteiger partial charge in [0.1, 0.15) is 23.0 Å². The Morgan fingerprint density at radius 3 is 0.914 bits per heavy atom. The van der Waals surface area contributed by atoms with E-state index in [1.807, 2.05) is 60.7 Å². The summed E-state index contributed by atoms with van der Waals surface area (Å²) in [7, 11) is 6.64. The quantitative estimate of drug-likeness (QED) is 0.158. The van der Waals surface area contributed by atoms with Crippen LogP contribution in [0.5, 0.6) is 23.0 Å². The van der Waals surface area contributed by atoms with Crippen LogP contribution in [-0.2, 0) is 0 Å². The van der Waals surface area contributed by atoms with Crippen LogP contribution in [0.4, 0.5) is 0 Å². The molecule has 2 N–H and O–H groups in total. The van der Waals surface area contributed by atoms with Gasteiger partial charge in [-0.1, -0.05) is 56.1 Å². The fourth-order valence-electron chi connectivity index (χ4n) is 7.56. The Kier molecular flexibility index (Phi) is 9.97. The highest BCUT2D eigenvalue weighted by molar-refractivity contribution is 9.10. The minimum atomic E-state index is 0.671. The fraction of sp³-hybridized carbons (Fsp3) is 0.0833. The molecule has 10 heteroatoms. The Labute approximate surface area is 352 Å². The normalized spacial score (nSPS) is 11.8. The molecule has 8 nitrogen and oxygen atoms in total. The minimum Gasteiger partial charge on any atom is -0.497 e. The van der Waals surface area contributed by atoms with Crippen molar-refractivity contribution in [2.75, 3.05) is 28.4 Å². The van der Waals surface area contributed by atoms with E-state index in [4.69, 9.17) is 28.9 Å². The minimum absolute atomic E-state index is 0.671. The predicted molar refractivity (Wildman–Crippen MR) is 242 cm³/mol. The van der Waals surface area contributed by atoms with Crippen LogP contribution in [0.25, 0.3) is 90.9 Å². The molecule has 0 fully saturated rings. The number of fused-ring (bicyclic) bond motifs is 8. The van der Waals surface area contributed by atoms with Crippen LogP contribution in [0.2, 0.25) is 0 Å². The molecule has 2 aliphatic heterocycles. The van der Waals surface area contributed by atoms with Gasteiger partial charge in [0, 0.05) is 65.4 Å². The number of hydrogen-bond donors (Lipinski definition) is 2. The third kappa shape index (κ3) is 6.99. The first-order valence-corrected chi connectivity index (χ1v) is 20.1. The monoisotopic (exact) mass is 890 g/mol. The Morgan fingerprint density at radius 2 is 0.638 bits per heavy atom. The fourth-order valence-corrected chi connectivity index (χ4v) is 8.09. The van der Waals surface area contributed by atoms with Crippen molar-refractivity contribution in [2.45, 2.75) is 0 Å². The molecule has 8 bridgehead atoms. The van der Waals surface area contributed by atoms with Crippen LogP contribution in [0, 0.1) is 0 Å². The van der Waals surface area contributed by atoms with Crippen molar-refractivity contribution < 1.29 is 18.9 Å². The van der Waals surface area contributed by atoms with Gasteiger partial charge in [0.15, 0.2) is 0 Å². The molecule has 0 radical (unpaired) electrons. The zero-order valence-electron chi connectivity index (χ0n) is 32.0. The molecule has 0 saturated heterocycles. The smallest absolute Gasteiger partial charge is 0.123 e. The number of rotatable bonds is 8. The van der Waals surface area contributed by atoms with Crippen molar-refractivity contribution in [2.24, 2.45) is 0 Å². The second-order valence-corrected chi connectivity index (χ2v) is 15.6. The number of hydrogen-bond acceptors (Lipinski definition) is 6. The molecule has 4 aromatic carbocycles. The number of aromatic amines is 2. The highest BCUT2D eigenvalue weighted by atomic mass is 79.9. The van der Waals surface area contributed by atoms with Gasteiger partial charge in [-0.15, -0.1) is 0 Å². The van der Waals surface area contributed by atoms with Gasteiger partial charge < -0.3 is 28.9 Å². The van der Waals surface area contributed by atoms with Crippen molar-refractivity contribution in [1.29, 1.82) is 0 Å². The summed E-state index contributed by atoms with van der Waals surface area (Å²) in [6.07, 6.45) is 8.30. The number of benzene rings is 4. The maximum Gasteiger partial charge on any atom is 0.123 e. The van der Waals surface area contributed by atoms with Gasteiger partial charge in [-0.05, 0) is 119 Å². The van der Waals surface area contributed by atoms with E-state index in [2.05, 4.69) is 115 Å². The standard InChI is InChI=1S/C48H36Br2N4O4/c1-55-33-21-29(22-34(25-33)56-2)47-41-17-13-37(51-41)45(27-5-9-31(49)10-6-27)39-15-19-43(53-39)48(30-23-35(57-3)26-36(24-30)58-4)44-20-16-40(54-44)46(38-14-18-42(47)52-38)28-7-11-32(50)12-8-28/h5-26,51,54H,1-4H3. The Bertz CT molecular complexity index is 2720. The van der Waals surface area contributed by atoms with Gasteiger partial charge in [0.2, 0.25) is 0 Å². The second kappa shape index (κ2) is 15.5. The van der Waals surface area contributed by atoms with E-state index >= 15 is 0 Å². The molecule has 9 rings (SSSR count). The van der Waals surface area contributed by atoms with E-state index in [9.17, 15) is 0 Å². The van der Waals surface area contributed by atoms with E-state index in [1.165, 1.54) is 0 Å². The van der Waals surface area contributed by atoms with Crippen molar-refractivity contribution in [1.82, 2.24) is 19.9 Å². The molecule has 7 aromatic rings. The maximum atomic E-state index is 5.75. The number of methoxy groups -OCH3 is 4. The third-order valence-electron chi connectivity index (χ3n) is 10.3.